The van der Waals surface area contributed by atoms with Gasteiger partial charge in [-0.25, -0.2) is 0 Å². The van der Waals surface area contributed by atoms with E-state index in [9.17, 15) is 5.26 Å². The van der Waals surface area contributed by atoms with E-state index in [1.807, 2.05) is 12.1 Å². The van der Waals surface area contributed by atoms with Crippen LogP contribution in [0.3, 0.4) is 0 Å². The molecule has 0 atom stereocenters. The van der Waals surface area contributed by atoms with E-state index in [4.69, 9.17) is 0 Å². The molecule has 0 bridgehead atoms. The van der Waals surface area contributed by atoms with Crippen molar-refractivity contribution in [1.29, 1.82) is 5.26 Å². The Bertz CT molecular complexity index is 2760. The van der Waals surface area contributed by atoms with Gasteiger partial charge >= 0.3 is 0 Å². The minimum Gasteiger partial charge on any atom is -0.309 e. The molecule has 9 aromatic rings. The highest BCUT2D eigenvalue weighted by Gasteiger charge is 2.32. The Morgan fingerprint density at radius 2 is 0.979 bits per heavy atom. The zero-order valence-corrected chi connectivity index (χ0v) is 25.4. The zero-order valence-electron chi connectivity index (χ0n) is 25.4. The monoisotopic (exact) mass is 594 g/mol. The predicted octanol–water partition coefficient (Wildman–Crippen LogP) is 11.9. The summed E-state index contributed by atoms with van der Waals surface area (Å²) in [6, 6.07) is 58.9. The Morgan fingerprint density at radius 3 is 1.62 bits per heavy atom. The summed E-state index contributed by atoms with van der Waals surface area (Å²) in [5.74, 6) is 0. The van der Waals surface area contributed by atoms with Crippen LogP contribution in [0.4, 0.5) is 0 Å². The lowest BCUT2D eigenvalue weighted by molar-refractivity contribution is 1.18. The second-order valence-corrected chi connectivity index (χ2v) is 12.3. The molecule has 216 valence electrons. The summed E-state index contributed by atoms with van der Waals surface area (Å²) in [7, 11) is 0. The van der Waals surface area contributed by atoms with Gasteiger partial charge < -0.3 is 4.57 Å². The number of hydrogen-bond donors (Lipinski definition) is 0. The Hall–Kier alpha value is -6.43. The van der Waals surface area contributed by atoms with Crippen LogP contribution in [-0.4, -0.2) is 4.57 Å². The van der Waals surface area contributed by atoms with Crippen LogP contribution in [0.1, 0.15) is 5.56 Å². The first kappa shape index (κ1) is 25.9. The minimum atomic E-state index is 0.659. The molecule has 0 amide bonds. The molecule has 1 aromatic heterocycles. The van der Waals surface area contributed by atoms with Gasteiger partial charge in [-0.1, -0.05) is 121 Å². The normalized spacial score (nSPS) is 11.8. The molecule has 0 fully saturated rings. The minimum absolute atomic E-state index is 0.659. The van der Waals surface area contributed by atoms with Gasteiger partial charge in [-0.3, -0.25) is 0 Å². The van der Waals surface area contributed by atoms with Crippen LogP contribution >= 0.6 is 0 Å². The van der Waals surface area contributed by atoms with Crippen LogP contribution in [0.15, 0.2) is 158 Å². The van der Waals surface area contributed by atoms with Gasteiger partial charge in [-0.05, 0) is 97.1 Å². The first-order chi connectivity index (χ1) is 23.3. The van der Waals surface area contributed by atoms with Crippen LogP contribution in [-0.2, 0) is 0 Å². The summed E-state index contributed by atoms with van der Waals surface area (Å²) in [6.45, 7) is 0. The maximum Gasteiger partial charge on any atom is 0.0991 e. The molecular weight excluding hydrogens is 569 g/mol. The fourth-order valence-corrected chi connectivity index (χ4v) is 8.08. The van der Waals surface area contributed by atoms with Crippen molar-refractivity contribution in [3.63, 3.8) is 0 Å². The maximum absolute atomic E-state index is 9.52. The van der Waals surface area contributed by atoms with E-state index in [2.05, 4.69) is 156 Å². The molecule has 0 saturated carbocycles. The molecule has 0 radical (unpaired) electrons. The van der Waals surface area contributed by atoms with E-state index in [0.29, 0.717) is 5.56 Å². The van der Waals surface area contributed by atoms with Crippen LogP contribution < -0.4 is 0 Å². The number of benzene rings is 8. The van der Waals surface area contributed by atoms with Crippen LogP contribution in [0.25, 0.3) is 93.5 Å². The second-order valence-electron chi connectivity index (χ2n) is 12.3. The summed E-state index contributed by atoms with van der Waals surface area (Å²) in [5, 5.41) is 17.0. The molecule has 0 spiro atoms. The second kappa shape index (κ2) is 9.78. The highest BCUT2D eigenvalue weighted by atomic mass is 15.0. The highest BCUT2D eigenvalue weighted by Crippen LogP contribution is 2.59. The molecule has 2 nitrogen and oxygen atoms in total. The Kier molecular flexibility index (Phi) is 5.38. The average molecular weight is 595 g/mol. The summed E-state index contributed by atoms with van der Waals surface area (Å²) in [6.07, 6.45) is 0. The third-order valence-corrected chi connectivity index (χ3v) is 9.93. The van der Waals surface area contributed by atoms with Crippen molar-refractivity contribution in [1.82, 2.24) is 4.57 Å². The van der Waals surface area contributed by atoms with Crippen LogP contribution in [0, 0.1) is 11.3 Å². The predicted molar refractivity (Wildman–Crippen MR) is 196 cm³/mol. The number of aromatic nitrogens is 1. The summed E-state index contributed by atoms with van der Waals surface area (Å²) < 4.78 is 2.38. The smallest absolute Gasteiger partial charge is 0.0991 e. The van der Waals surface area contributed by atoms with E-state index in [0.717, 1.165) is 11.2 Å². The Balaban J connectivity index is 1.43. The first-order valence-electron chi connectivity index (χ1n) is 16.0. The molecule has 10 rings (SSSR count). The lowest BCUT2D eigenvalue weighted by Crippen LogP contribution is -1.95. The molecule has 0 N–H and O–H groups in total. The number of rotatable bonds is 3. The van der Waals surface area contributed by atoms with Gasteiger partial charge in [0.2, 0.25) is 0 Å². The molecule has 0 saturated heterocycles. The van der Waals surface area contributed by atoms with Gasteiger partial charge in [-0.15, -0.1) is 0 Å². The highest BCUT2D eigenvalue weighted by molar-refractivity contribution is 6.32. The lowest BCUT2D eigenvalue weighted by atomic mass is 9.82. The van der Waals surface area contributed by atoms with E-state index in [1.165, 1.54) is 82.3 Å². The van der Waals surface area contributed by atoms with Crippen LogP contribution in [0.5, 0.6) is 0 Å². The lowest BCUT2D eigenvalue weighted by Gasteiger charge is -2.20. The van der Waals surface area contributed by atoms with Crippen LogP contribution in [0.2, 0.25) is 0 Å². The summed E-state index contributed by atoms with van der Waals surface area (Å²) >= 11 is 0. The molecule has 2 heteroatoms. The Morgan fingerprint density at radius 1 is 0.426 bits per heavy atom. The quantitative estimate of drug-likeness (QED) is 0.200. The standard InChI is InChI=1S/C45H26N2/c46-27-28-22-24-31(25-23-28)47-39-21-10-9-16-32(39)37-26-38-42-35(19-11-20-36(42)45(37)47)43-40(29-12-3-1-4-13-29)33-17-7-8-18-34(33)41(44(38)43)30-14-5-2-6-15-30/h1-26H. The van der Waals surface area contributed by atoms with Gasteiger partial charge in [0.25, 0.3) is 0 Å². The van der Waals surface area contributed by atoms with Crippen molar-refractivity contribution in [2.45, 2.75) is 0 Å². The fraction of sp³-hybridized carbons (Fsp3) is 0. The van der Waals surface area contributed by atoms with Crippen molar-refractivity contribution >= 4 is 43.4 Å². The summed E-state index contributed by atoms with van der Waals surface area (Å²) in [4.78, 5) is 0. The van der Waals surface area contributed by atoms with E-state index < -0.39 is 0 Å². The van der Waals surface area contributed by atoms with Crippen molar-refractivity contribution in [2.75, 3.05) is 0 Å². The SMILES string of the molecule is N#Cc1ccc(-n2c3ccccc3c3cc4c5c(cccc5c32)-c2c-4c(-c3ccccc3)c3ccccc3c2-c2ccccc2)cc1. The fourth-order valence-electron chi connectivity index (χ4n) is 8.08. The van der Waals surface area contributed by atoms with Crippen molar-refractivity contribution < 1.29 is 0 Å². The number of hydrogen-bond acceptors (Lipinski definition) is 1. The molecular formula is C45H26N2. The maximum atomic E-state index is 9.52. The largest absolute Gasteiger partial charge is 0.309 e. The van der Waals surface area contributed by atoms with Crippen molar-refractivity contribution in [2.24, 2.45) is 0 Å². The van der Waals surface area contributed by atoms with E-state index in [-0.39, 0.29) is 0 Å². The number of nitrogens with zero attached hydrogens (tertiary/aromatic N) is 2. The van der Waals surface area contributed by atoms with Crippen molar-refractivity contribution in [3.8, 4) is 56.3 Å². The third kappa shape index (κ3) is 3.54. The van der Waals surface area contributed by atoms with Gasteiger partial charge in [0.1, 0.15) is 0 Å². The van der Waals surface area contributed by atoms with E-state index in [1.54, 1.807) is 0 Å². The zero-order chi connectivity index (χ0) is 31.1. The molecule has 1 aliphatic rings. The average Bonchev–Trinajstić information content (AvgIpc) is 3.65. The topological polar surface area (TPSA) is 28.7 Å². The molecule has 0 unspecified atom stereocenters. The number of fused-ring (bicyclic) bond motifs is 8. The van der Waals surface area contributed by atoms with Gasteiger partial charge in [0.15, 0.2) is 0 Å². The first-order valence-corrected chi connectivity index (χ1v) is 16.0. The molecule has 0 aliphatic heterocycles. The van der Waals surface area contributed by atoms with Gasteiger partial charge in [0, 0.05) is 21.8 Å². The third-order valence-electron chi connectivity index (χ3n) is 9.93. The summed E-state index contributed by atoms with van der Waals surface area (Å²) in [5.41, 5.74) is 14.2. The number of para-hydroxylation sites is 1. The molecule has 8 aromatic carbocycles. The molecule has 1 heterocycles. The Labute approximate surface area is 272 Å². The molecule has 1 aliphatic carbocycles. The van der Waals surface area contributed by atoms with Gasteiger partial charge in [-0.2, -0.15) is 5.26 Å². The van der Waals surface area contributed by atoms with Gasteiger partial charge in [0.05, 0.1) is 22.7 Å². The van der Waals surface area contributed by atoms with E-state index >= 15 is 0 Å². The van der Waals surface area contributed by atoms with Crippen molar-refractivity contribution in [3.05, 3.63) is 163 Å². The number of nitriles is 1. The molecule has 47 heavy (non-hydrogen) atoms.